The van der Waals surface area contributed by atoms with Gasteiger partial charge in [0.05, 0.1) is 16.7 Å². The van der Waals surface area contributed by atoms with Crippen LogP contribution in [-0.2, 0) is 5.41 Å². The van der Waals surface area contributed by atoms with Crippen LogP contribution >= 0.6 is 0 Å². The summed E-state index contributed by atoms with van der Waals surface area (Å²) in [6.45, 7) is 6.82. The van der Waals surface area contributed by atoms with Crippen LogP contribution in [0.4, 0.5) is 17.1 Å². The number of hydrogen-bond donors (Lipinski definition) is 0. The van der Waals surface area contributed by atoms with Crippen LogP contribution in [0.15, 0.2) is 205 Å². The van der Waals surface area contributed by atoms with Gasteiger partial charge in [-0.3, -0.25) is 0 Å². The van der Waals surface area contributed by atoms with Crippen molar-refractivity contribution in [2.45, 2.75) is 26.2 Å². The molecule has 0 atom stereocenters. The van der Waals surface area contributed by atoms with Gasteiger partial charge >= 0.3 is 0 Å². The Labute approximate surface area is 344 Å². The Morgan fingerprint density at radius 2 is 1.07 bits per heavy atom. The van der Waals surface area contributed by atoms with E-state index in [4.69, 9.17) is 4.42 Å². The molecule has 0 fully saturated rings. The van der Waals surface area contributed by atoms with E-state index in [2.05, 4.69) is 218 Å². The second-order valence-corrected chi connectivity index (χ2v) is 16.6. The number of benzene rings is 9. The molecule has 2 aromatic heterocycles. The Hall–Kier alpha value is -7.36. The van der Waals surface area contributed by atoms with Gasteiger partial charge in [-0.25, -0.2) is 0 Å². The predicted octanol–water partition coefficient (Wildman–Crippen LogP) is 15.9. The molecule has 0 bridgehead atoms. The number of fused-ring (bicyclic) bond motifs is 7. The SMILES string of the molecule is CC(C)(C)c1ccc(N(c2ccc3c(c2)c2cc4ccccc4cc2n3-c2ccccc2)c2ccccc2-c2cccc(-c3cccc4c3oc3ccccc34)c2)cc1. The fraction of sp³-hybridized carbons (Fsp3) is 0.0714. The summed E-state index contributed by atoms with van der Waals surface area (Å²) in [4.78, 5) is 2.43. The summed E-state index contributed by atoms with van der Waals surface area (Å²) in [6, 6.07) is 72.6. The molecule has 0 spiro atoms. The third kappa shape index (κ3) is 5.89. The smallest absolute Gasteiger partial charge is 0.143 e. The van der Waals surface area contributed by atoms with Crippen LogP contribution in [0.5, 0.6) is 0 Å². The quantitative estimate of drug-likeness (QED) is 0.168. The molecule has 0 aliphatic rings. The van der Waals surface area contributed by atoms with E-state index in [0.29, 0.717) is 0 Å². The molecule has 3 nitrogen and oxygen atoms in total. The molecule has 0 amide bonds. The standard InChI is InChI=1S/C56H42N2O/c1-56(2,3)41-27-29-43(30-28-41)57(44-31-32-52-50(36-44)49-34-37-15-7-8-16-38(37)35-53(49)58(52)42-19-5-4-6-20-42)51-25-11-9-21-45(51)39-17-13-18-40(33-39)46-23-14-24-48-47-22-10-12-26-54(47)59-55(46)48/h4-36H,1-3H3. The van der Waals surface area contributed by atoms with Crippen LogP contribution in [0.3, 0.4) is 0 Å². The molecule has 0 unspecified atom stereocenters. The highest BCUT2D eigenvalue weighted by Crippen LogP contribution is 2.45. The Morgan fingerprint density at radius 3 is 1.88 bits per heavy atom. The molecular formula is C56H42N2O. The van der Waals surface area contributed by atoms with Gasteiger partial charge < -0.3 is 13.9 Å². The lowest BCUT2D eigenvalue weighted by molar-refractivity contribution is 0.590. The lowest BCUT2D eigenvalue weighted by Crippen LogP contribution is -2.13. The largest absolute Gasteiger partial charge is 0.455 e. The zero-order valence-corrected chi connectivity index (χ0v) is 33.4. The van der Waals surface area contributed by atoms with Gasteiger partial charge in [0.15, 0.2) is 0 Å². The topological polar surface area (TPSA) is 21.3 Å². The molecule has 0 saturated carbocycles. The lowest BCUT2D eigenvalue weighted by Gasteiger charge is -2.29. The maximum absolute atomic E-state index is 6.50. The van der Waals surface area contributed by atoms with Crippen LogP contribution in [0.1, 0.15) is 26.3 Å². The zero-order valence-electron chi connectivity index (χ0n) is 33.4. The van der Waals surface area contributed by atoms with Gasteiger partial charge in [-0.15, -0.1) is 0 Å². The monoisotopic (exact) mass is 758 g/mol. The number of rotatable bonds is 6. The Balaban J connectivity index is 1.12. The molecule has 0 aliphatic carbocycles. The molecule has 282 valence electrons. The second-order valence-electron chi connectivity index (χ2n) is 16.6. The maximum Gasteiger partial charge on any atom is 0.143 e. The van der Waals surface area contributed by atoms with Gasteiger partial charge in [0.1, 0.15) is 11.2 Å². The van der Waals surface area contributed by atoms with Gasteiger partial charge in [0.25, 0.3) is 0 Å². The first-order chi connectivity index (χ1) is 28.9. The van der Waals surface area contributed by atoms with Gasteiger partial charge in [-0.2, -0.15) is 0 Å². The lowest BCUT2D eigenvalue weighted by atomic mass is 9.87. The molecule has 3 heteroatoms. The number of hydrogen-bond acceptors (Lipinski definition) is 2. The maximum atomic E-state index is 6.50. The van der Waals surface area contributed by atoms with Crippen LogP contribution in [0.2, 0.25) is 0 Å². The highest BCUT2D eigenvalue weighted by molar-refractivity contribution is 6.15. The summed E-state index contributed by atoms with van der Waals surface area (Å²) < 4.78 is 8.91. The number of furan rings is 1. The van der Waals surface area contributed by atoms with Crippen molar-refractivity contribution in [1.82, 2.24) is 4.57 Å². The fourth-order valence-corrected chi connectivity index (χ4v) is 8.97. The van der Waals surface area contributed by atoms with Crippen LogP contribution in [0.25, 0.3) is 82.5 Å². The molecule has 0 aliphatic heterocycles. The molecular weight excluding hydrogens is 717 g/mol. The summed E-state index contributed by atoms with van der Waals surface area (Å²) in [5.74, 6) is 0. The van der Waals surface area contributed by atoms with E-state index < -0.39 is 0 Å². The zero-order chi connectivity index (χ0) is 39.7. The summed E-state index contributed by atoms with van der Waals surface area (Å²) >= 11 is 0. The van der Waals surface area contributed by atoms with E-state index in [0.717, 1.165) is 66.9 Å². The average Bonchev–Trinajstić information content (AvgIpc) is 3.81. The molecule has 59 heavy (non-hydrogen) atoms. The molecule has 0 radical (unpaired) electrons. The Morgan fingerprint density at radius 1 is 0.441 bits per heavy atom. The van der Waals surface area contributed by atoms with Crippen molar-refractivity contribution in [3.8, 4) is 27.9 Å². The van der Waals surface area contributed by atoms with E-state index in [9.17, 15) is 0 Å². The van der Waals surface area contributed by atoms with E-state index in [1.54, 1.807) is 0 Å². The normalized spacial score (nSPS) is 12.0. The number of para-hydroxylation sites is 4. The fourth-order valence-electron chi connectivity index (χ4n) is 8.97. The second kappa shape index (κ2) is 13.6. The van der Waals surface area contributed by atoms with Crippen molar-refractivity contribution in [1.29, 1.82) is 0 Å². The van der Waals surface area contributed by atoms with E-state index in [-0.39, 0.29) is 5.41 Å². The number of nitrogens with zero attached hydrogens (tertiary/aromatic N) is 2. The summed E-state index contributed by atoms with van der Waals surface area (Å²) in [5, 5.41) is 7.17. The Kier molecular flexibility index (Phi) is 8.06. The molecule has 11 aromatic rings. The minimum Gasteiger partial charge on any atom is -0.455 e. The summed E-state index contributed by atoms with van der Waals surface area (Å²) in [5.41, 5.74) is 14.4. The van der Waals surface area contributed by atoms with E-state index >= 15 is 0 Å². The molecule has 0 N–H and O–H groups in total. The van der Waals surface area contributed by atoms with Crippen molar-refractivity contribution < 1.29 is 4.42 Å². The molecule has 0 saturated heterocycles. The highest BCUT2D eigenvalue weighted by atomic mass is 16.3. The van der Waals surface area contributed by atoms with Crippen LogP contribution < -0.4 is 4.90 Å². The van der Waals surface area contributed by atoms with E-state index in [1.807, 2.05) is 12.1 Å². The molecule has 2 heterocycles. The van der Waals surface area contributed by atoms with Gasteiger partial charge in [0.2, 0.25) is 0 Å². The number of aromatic nitrogens is 1. The third-order valence-electron chi connectivity index (χ3n) is 11.9. The Bertz CT molecular complexity index is 3360. The van der Waals surface area contributed by atoms with Gasteiger partial charge in [0, 0.05) is 49.7 Å². The minimum absolute atomic E-state index is 0.0331. The van der Waals surface area contributed by atoms with Crippen molar-refractivity contribution in [2.75, 3.05) is 4.90 Å². The van der Waals surface area contributed by atoms with Crippen molar-refractivity contribution in [3.05, 3.63) is 206 Å². The predicted molar refractivity (Wildman–Crippen MR) is 250 cm³/mol. The number of anilines is 3. The van der Waals surface area contributed by atoms with Gasteiger partial charge in [-0.1, -0.05) is 148 Å². The van der Waals surface area contributed by atoms with Crippen molar-refractivity contribution in [3.63, 3.8) is 0 Å². The summed E-state index contributed by atoms with van der Waals surface area (Å²) in [7, 11) is 0. The van der Waals surface area contributed by atoms with Crippen LogP contribution in [-0.4, -0.2) is 4.57 Å². The summed E-state index contributed by atoms with van der Waals surface area (Å²) in [6.07, 6.45) is 0. The molecule has 9 aromatic carbocycles. The minimum atomic E-state index is 0.0331. The molecule has 11 rings (SSSR count). The van der Waals surface area contributed by atoms with E-state index in [1.165, 1.54) is 38.1 Å². The first-order valence-electron chi connectivity index (χ1n) is 20.4. The average molecular weight is 759 g/mol. The van der Waals surface area contributed by atoms with Crippen molar-refractivity contribution >= 4 is 71.6 Å². The van der Waals surface area contributed by atoms with Gasteiger partial charge in [-0.05, 0) is 106 Å². The first-order valence-corrected chi connectivity index (χ1v) is 20.4. The third-order valence-corrected chi connectivity index (χ3v) is 11.9. The van der Waals surface area contributed by atoms with Crippen LogP contribution in [0, 0.1) is 0 Å². The highest BCUT2D eigenvalue weighted by Gasteiger charge is 2.22. The van der Waals surface area contributed by atoms with Crippen molar-refractivity contribution in [2.24, 2.45) is 0 Å². The first kappa shape index (κ1) is 34.9.